The Kier molecular flexibility index (Phi) is 4.96. The number of carbonyl (C=O) groups excluding carboxylic acids is 1. The van der Waals surface area contributed by atoms with Crippen molar-refractivity contribution in [1.29, 1.82) is 0 Å². The van der Waals surface area contributed by atoms with E-state index in [4.69, 9.17) is 4.74 Å². The minimum absolute atomic E-state index is 0.0965. The van der Waals surface area contributed by atoms with E-state index in [1.807, 2.05) is 49.4 Å². The monoisotopic (exact) mass is 332 g/mol. The molecule has 0 spiro atoms. The highest BCUT2D eigenvalue weighted by molar-refractivity contribution is 9.10. The Balaban J connectivity index is 2.15. The molecule has 0 fully saturated rings. The highest BCUT2D eigenvalue weighted by atomic mass is 79.9. The summed E-state index contributed by atoms with van der Waals surface area (Å²) < 4.78 is 6.85. The summed E-state index contributed by atoms with van der Waals surface area (Å²) in [5.74, 6) is 0.891. The highest BCUT2D eigenvalue weighted by Crippen LogP contribution is 2.22. The molecule has 0 aromatic heterocycles. The van der Waals surface area contributed by atoms with Crippen LogP contribution in [-0.4, -0.2) is 5.78 Å². The van der Waals surface area contributed by atoms with Gasteiger partial charge < -0.3 is 4.74 Å². The average Bonchev–Trinajstić information content (AvgIpc) is 2.46. The number of halogens is 1. The number of carbonyl (C=O) groups is 1. The van der Waals surface area contributed by atoms with Gasteiger partial charge in [-0.25, -0.2) is 0 Å². The number of benzene rings is 2. The van der Waals surface area contributed by atoms with Gasteiger partial charge in [-0.1, -0.05) is 41.1 Å². The molecule has 2 aromatic carbocycles. The maximum Gasteiger partial charge on any atom is 0.160 e. The second-order valence-electron chi connectivity index (χ2n) is 4.61. The molecule has 0 atom stereocenters. The fourth-order valence-electron chi connectivity index (χ4n) is 2.07. The molecule has 0 unspecified atom stereocenters. The summed E-state index contributed by atoms with van der Waals surface area (Å²) in [5.41, 5.74) is 2.91. The van der Waals surface area contributed by atoms with Crippen molar-refractivity contribution < 1.29 is 9.53 Å². The zero-order chi connectivity index (χ0) is 14.5. The van der Waals surface area contributed by atoms with E-state index in [9.17, 15) is 4.79 Å². The molecule has 0 saturated heterocycles. The SMILES string of the molecule is CCc1cc(OCc2ccccc2Br)ccc1C(C)=O. The van der Waals surface area contributed by atoms with Crippen LogP contribution in [0.2, 0.25) is 0 Å². The van der Waals surface area contributed by atoms with Gasteiger partial charge in [0.05, 0.1) is 0 Å². The smallest absolute Gasteiger partial charge is 0.160 e. The van der Waals surface area contributed by atoms with E-state index in [1.54, 1.807) is 6.92 Å². The van der Waals surface area contributed by atoms with Crippen LogP contribution in [0.3, 0.4) is 0 Å². The molecule has 3 heteroatoms. The number of aryl methyl sites for hydroxylation is 1. The van der Waals surface area contributed by atoms with Crippen LogP contribution in [-0.2, 0) is 13.0 Å². The van der Waals surface area contributed by atoms with Crippen molar-refractivity contribution in [2.24, 2.45) is 0 Å². The molecule has 0 amide bonds. The fraction of sp³-hybridized carbons (Fsp3) is 0.235. The minimum atomic E-state index is 0.0965. The van der Waals surface area contributed by atoms with Crippen LogP contribution >= 0.6 is 15.9 Å². The van der Waals surface area contributed by atoms with Crippen LogP contribution < -0.4 is 4.74 Å². The van der Waals surface area contributed by atoms with Gasteiger partial charge in [-0.05, 0) is 43.2 Å². The lowest BCUT2D eigenvalue weighted by Crippen LogP contribution is -2.01. The summed E-state index contributed by atoms with van der Waals surface area (Å²) in [6.45, 7) is 4.14. The lowest BCUT2D eigenvalue weighted by atomic mass is 10.0. The Hall–Kier alpha value is -1.61. The predicted octanol–water partition coefficient (Wildman–Crippen LogP) is 4.79. The quantitative estimate of drug-likeness (QED) is 0.735. The Labute approximate surface area is 127 Å². The Morgan fingerprint density at radius 3 is 2.55 bits per heavy atom. The van der Waals surface area contributed by atoms with Crippen LogP contribution in [0.4, 0.5) is 0 Å². The molecule has 20 heavy (non-hydrogen) atoms. The van der Waals surface area contributed by atoms with E-state index < -0.39 is 0 Å². The zero-order valence-corrected chi connectivity index (χ0v) is 13.2. The van der Waals surface area contributed by atoms with Crippen LogP contribution in [0.5, 0.6) is 5.75 Å². The molecule has 0 saturated carbocycles. The van der Waals surface area contributed by atoms with Crippen molar-refractivity contribution in [1.82, 2.24) is 0 Å². The number of hydrogen-bond acceptors (Lipinski definition) is 2. The van der Waals surface area contributed by atoms with E-state index in [-0.39, 0.29) is 5.78 Å². The second kappa shape index (κ2) is 6.71. The largest absolute Gasteiger partial charge is 0.489 e. The number of hydrogen-bond donors (Lipinski definition) is 0. The molecule has 0 N–H and O–H groups in total. The maximum absolute atomic E-state index is 11.5. The van der Waals surface area contributed by atoms with Gasteiger partial charge in [-0.15, -0.1) is 0 Å². The number of ether oxygens (including phenoxy) is 1. The molecule has 0 bridgehead atoms. The molecule has 0 aliphatic heterocycles. The zero-order valence-electron chi connectivity index (χ0n) is 11.7. The first-order valence-electron chi connectivity index (χ1n) is 6.62. The molecule has 0 radical (unpaired) electrons. The van der Waals surface area contributed by atoms with E-state index in [1.165, 1.54) is 0 Å². The van der Waals surface area contributed by atoms with E-state index in [2.05, 4.69) is 15.9 Å². The molecule has 0 aliphatic carbocycles. The molecule has 0 aliphatic rings. The van der Waals surface area contributed by atoms with Crippen molar-refractivity contribution in [3.8, 4) is 5.75 Å². The molecule has 104 valence electrons. The summed E-state index contributed by atoms with van der Waals surface area (Å²) >= 11 is 3.50. The summed E-state index contributed by atoms with van der Waals surface area (Å²) in [6, 6.07) is 13.6. The Bertz CT molecular complexity index is 620. The van der Waals surface area contributed by atoms with Gasteiger partial charge in [0.2, 0.25) is 0 Å². The molecule has 2 nitrogen and oxygen atoms in total. The molecule has 2 aromatic rings. The Morgan fingerprint density at radius 1 is 1.15 bits per heavy atom. The summed E-state index contributed by atoms with van der Waals surface area (Å²) in [4.78, 5) is 11.5. The van der Waals surface area contributed by atoms with E-state index in [0.29, 0.717) is 6.61 Å². The van der Waals surface area contributed by atoms with Gasteiger partial charge in [0.25, 0.3) is 0 Å². The summed E-state index contributed by atoms with van der Waals surface area (Å²) in [6.07, 6.45) is 0.821. The number of ketones is 1. The lowest BCUT2D eigenvalue weighted by molar-refractivity contribution is 0.101. The van der Waals surface area contributed by atoms with Crippen LogP contribution in [0, 0.1) is 0 Å². The normalized spacial score (nSPS) is 10.3. The first-order valence-corrected chi connectivity index (χ1v) is 7.41. The van der Waals surface area contributed by atoms with Crippen LogP contribution in [0.15, 0.2) is 46.9 Å². The highest BCUT2D eigenvalue weighted by Gasteiger charge is 2.08. The van der Waals surface area contributed by atoms with E-state index in [0.717, 1.165) is 33.3 Å². The standard InChI is InChI=1S/C17H17BrO2/c1-3-13-10-15(8-9-16(13)12(2)19)20-11-14-6-4-5-7-17(14)18/h4-10H,3,11H2,1-2H3. The summed E-state index contributed by atoms with van der Waals surface area (Å²) in [7, 11) is 0. The molecule has 2 rings (SSSR count). The Morgan fingerprint density at radius 2 is 1.90 bits per heavy atom. The van der Waals surface area contributed by atoms with Crippen molar-refractivity contribution >= 4 is 21.7 Å². The van der Waals surface area contributed by atoms with Crippen LogP contribution in [0.25, 0.3) is 0 Å². The van der Waals surface area contributed by atoms with Gasteiger partial charge >= 0.3 is 0 Å². The van der Waals surface area contributed by atoms with Gasteiger partial charge in [-0.2, -0.15) is 0 Å². The third-order valence-electron chi connectivity index (χ3n) is 3.19. The lowest BCUT2D eigenvalue weighted by Gasteiger charge is -2.11. The van der Waals surface area contributed by atoms with Crippen molar-refractivity contribution in [2.75, 3.05) is 0 Å². The fourth-order valence-corrected chi connectivity index (χ4v) is 2.47. The topological polar surface area (TPSA) is 26.3 Å². The number of rotatable bonds is 5. The average molecular weight is 333 g/mol. The van der Waals surface area contributed by atoms with Crippen molar-refractivity contribution in [3.63, 3.8) is 0 Å². The van der Waals surface area contributed by atoms with Gasteiger partial charge in [-0.3, -0.25) is 4.79 Å². The first kappa shape index (κ1) is 14.8. The summed E-state index contributed by atoms with van der Waals surface area (Å²) in [5, 5.41) is 0. The first-order chi connectivity index (χ1) is 9.61. The van der Waals surface area contributed by atoms with Gasteiger partial charge in [0.15, 0.2) is 5.78 Å². The minimum Gasteiger partial charge on any atom is -0.489 e. The predicted molar refractivity (Wildman–Crippen MR) is 84.3 cm³/mol. The maximum atomic E-state index is 11.5. The second-order valence-corrected chi connectivity index (χ2v) is 5.46. The van der Waals surface area contributed by atoms with E-state index >= 15 is 0 Å². The third kappa shape index (κ3) is 3.48. The van der Waals surface area contributed by atoms with Crippen LogP contribution in [0.1, 0.15) is 35.3 Å². The van der Waals surface area contributed by atoms with Gasteiger partial charge in [0.1, 0.15) is 12.4 Å². The van der Waals surface area contributed by atoms with Crippen molar-refractivity contribution in [3.05, 3.63) is 63.6 Å². The molecular weight excluding hydrogens is 316 g/mol. The van der Waals surface area contributed by atoms with Gasteiger partial charge in [0, 0.05) is 15.6 Å². The molecule has 0 heterocycles. The molecular formula is C17H17BrO2. The number of Topliss-reactive ketones (excluding diaryl/α,β-unsaturated/α-hetero) is 1. The third-order valence-corrected chi connectivity index (χ3v) is 3.96. The van der Waals surface area contributed by atoms with Crippen molar-refractivity contribution in [2.45, 2.75) is 26.9 Å².